The number of hydrogen-bond acceptors (Lipinski definition) is 3. The van der Waals surface area contributed by atoms with Crippen LogP contribution in [0.3, 0.4) is 0 Å². The highest BCUT2D eigenvalue weighted by Crippen LogP contribution is 2.41. The first-order valence-corrected chi connectivity index (χ1v) is 9.69. The molecule has 5 heteroatoms. The molecule has 3 rings (SSSR count). The average Bonchev–Trinajstić information content (AvgIpc) is 3.16. The van der Waals surface area contributed by atoms with Crippen LogP contribution in [-0.4, -0.2) is 30.6 Å². The molecular formula is C21H29NO4. The van der Waals surface area contributed by atoms with Crippen molar-refractivity contribution in [3.05, 3.63) is 29.8 Å². The van der Waals surface area contributed by atoms with E-state index in [1.54, 1.807) is 7.11 Å². The SMILES string of the molecule is COc1cccc(C2(CNC(=O)C3CCC(C(=O)O)CC3)CCCC2)c1. The molecule has 0 aliphatic heterocycles. The monoisotopic (exact) mass is 359 g/mol. The van der Waals surface area contributed by atoms with E-state index in [4.69, 9.17) is 9.84 Å². The molecule has 1 aromatic carbocycles. The number of nitrogens with one attached hydrogen (secondary N) is 1. The first-order chi connectivity index (χ1) is 12.5. The van der Waals surface area contributed by atoms with Crippen molar-refractivity contribution in [2.24, 2.45) is 11.8 Å². The second-order valence-electron chi connectivity index (χ2n) is 7.82. The van der Waals surface area contributed by atoms with Gasteiger partial charge in [-0.2, -0.15) is 0 Å². The van der Waals surface area contributed by atoms with Crippen LogP contribution < -0.4 is 10.1 Å². The van der Waals surface area contributed by atoms with Gasteiger partial charge in [0.25, 0.3) is 0 Å². The van der Waals surface area contributed by atoms with Gasteiger partial charge >= 0.3 is 5.97 Å². The molecule has 0 bridgehead atoms. The van der Waals surface area contributed by atoms with Gasteiger partial charge in [-0.25, -0.2) is 0 Å². The minimum absolute atomic E-state index is 0.0114. The molecule has 2 N–H and O–H groups in total. The van der Waals surface area contributed by atoms with E-state index in [1.807, 2.05) is 12.1 Å². The van der Waals surface area contributed by atoms with Gasteiger partial charge in [0.15, 0.2) is 0 Å². The van der Waals surface area contributed by atoms with Crippen molar-refractivity contribution >= 4 is 11.9 Å². The van der Waals surface area contributed by atoms with Crippen molar-refractivity contribution in [3.8, 4) is 5.75 Å². The number of carboxylic acid groups (broad SMARTS) is 1. The van der Waals surface area contributed by atoms with Crippen molar-refractivity contribution in [2.75, 3.05) is 13.7 Å². The Kier molecular flexibility index (Phi) is 5.84. The fourth-order valence-electron chi connectivity index (χ4n) is 4.58. The molecule has 0 radical (unpaired) electrons. The lowest BCUT2D eigenvalue weighted by Gasteiger charge is -2.32. The van der Waals surface area contributed by atoms with Gasteiger partial charge in [0.1, 0.15) is 5.75 Å². The summed E-state index contributed by atoms with van der Waals surface area (Å²) in [5.74, 6) is -0.117. The van der Waals surface area contributed by atoms with Gasteiger partial charge < -0.3 is 15.2 Å². The second-order valence-corrected chi connectivity index (χ2v) is 7.82. The van der Waals surface area contributed by atoms with E-state index in [2.05, 4.69) is 17.4 Å². The average molecular weight is 359 g/mol. The summed E-state index contributed by atoms with van der Waals surface area (Å²) >= 11 is 0. The Morgan fingerprint density at radius 2 is 1.81 bits per heavy atom. The molecule has 2 fully saturated rings. The van der Waals surface area contributed by atoms with Crippen LogP contribution in [0.25, 0.3) is 0 Å². The zero-order valence-corrected chi connectivity index (χ0v) is 15.5. The van der Waals surface area contributed by atoms with Crippen LogP contribution in [0.15, 0.2) is 24.3 Å². The van der Waals surface area contributed by atoms with Gasteiger partial charge in [-0.1, -0.05) is 25.0 Å². The Balaban J connectivity index is 1.62. The van der Waals surface area contributed by atoms with E-state index in [-0.39, 0.29) is 23.2 Å². The van der Waals surface area contributed by atoms with Gasteiger partial charge in [0.05, 0.1) is 13.0 Å². The minimum Gasteiger partial charge on any atom is -0.497 e. The number of carbonyl (C=O) groups is 2. The maximum absolute atomic E-state index is 12.6. The molecule has 0 unspecified atom stereocenters. The third-order valence-corrected chi connectivity index (χ3v) is 6.29. The maximum atomic E-state index is 12.6. The van der Waals surface area contributed by atoms with Gasteiger partial charge in [-0.05, 0) is 56.2 Å². The molecule has 0 atom stereocenters. The van der Waals surface area contributed by atoms with Crippen LogP contribution in [0, 0.1) is 11.8 Å². The van der Waals surface area contributed by atoms with Crippen LogP contribution in [0.5, 0.6) is 5.75 Å². The molecule has 0 spiro atoms. The Morgan fingerprint density at radius 3 is 2.42 bits per heavy atom. The molecule has 0 heterocycles. The summed E-state index contributed by atoms with van der Waals surface area (Å²) in [6, 6.07) is 8.20. The van der Waals surface area contributed by atoms with Gasteiger partial charge in [-0.15, -0.1) is 0 Å². The number of amides is 1. The molecule has 1 amide bonds. The van der Waals surface area contributed by atoms with Gasteiger partial charge in [0.2, 0.25) is 5.91 Å². The van der Waals surface area contributed by atoms with Crippen molar-refractivity contribution in [2.45, 2.75) is 56.8 Å². The number of hydrogen-bond donors (Lipinski definition) is 2. The standard InChI is InChI=1S/C21H29NO4/c1-26-18-6-4-5-17(13-18)21(11-2-3-12-21)14-22-19(23)15-7-9-16(10-8-15)20(24)25/h4-6,13,15-16H,2-3,7-12,14H2,1H3,(H,22,23)(H,24,25). The van der Waals surface area contributed by atoms with Crippen molar-refractivity contribution < 1.29 is 19.4 Å². The molecule has 2 aliphatic carbocycles. The molecule has 0 aromatic heterocycles. The number of methoxy groups -OCH3 is 1. The van der Waals surface area contributed by atoms with Crippen LogP contribution in [0.4, 0.5) is 0 Å². The smallest absolute Gasteiger partial charge is 0.306 e. The van der Waals surface area contributed by atoms with E-state index in [9.17, 15) is 9.59 Å². The number of rotatable bonds is 6. The minimum atomic E-state index is -0.730. The highest BCUT2D eigenvalue weighted by Gasteiger charge is 2.37. The fraction of sp³-hybridized carbons (Fsp3) is 0.619. The van der Waals surface area contributed by atoms with E-state index in [1.165, 1.54) is 18.4 Å². The predicted octanol–water partition coefficient (Wildman–Crippen LogP) is 3.51. The summed E-state index contributed by atoms with van der Waals surface area (Å²) in [6.45, 7) is 0.651. The second kappa shape index (κ2) is 8.11. The van der Waals surface area contributed by atoms with E-state index in [0.29, 0.717) is 32.2 Å². The molecule has 5 nitrogen and oxygen atoms in total. The van der Waals surface area contributed by atoms with Crippen molar-refractivity contribution in [3.63, 3.8) is 0 Å². The van der Waals surface area contributed by atoms with E-state index >= 15 is 0 Å². The molecule has 0 saturated heterocycles. The van der Waals surface area contributed by atoms with Gasteiger partial charge in [-0.3, -0.25) is 9.59 Å². The number of carbonyl (C=O) groups excluding carboxylic acids is 1. The maximum Gasteiger partial charge on any atom is 0.306 e. The predicted molar refractivity (Wildman–Crippen MR) is 99.2 cm³/mol. The third kappa shape index (κ3) is 4.02. The normalized spacial score (nSPS) is 24.8. The summed E-state index contributed by atoms with van der Waals surface area (Å²) < 4.78 is 5.37. The highest BCUT2D eigenvalue weighted by atomic mass is 16.5. The topological polar surface area (TPSA) is 75.6 Å². The fourth-order valence-corrected chi connectivity index (χ4v) is 4.58. The number of aliphatic carboxylic acids is 1. The first-order valence-electron chi connectivity index (χ1n) is 9.69. The molecule has 26 heavy (non-hydrogen) atoms. The van der Waals surface area contributed by atoms with E-state index < -0.39 is 5.97 Å². The number of carboxylic acids is 1. The number of benzene rings is 1. The Hall–Kier alpha value is -2.04. The van der Waals surface area contributed by atoms with Crippen LogP contribution in [-0.2, 0) is 15.0 Å². The Morgan fingerprint density at radius 1 is 1.15 bits per heavy atom. The van der Waals surface area contributed by atoms with Crippen LogP contribution in [0.2, 0.25) is 0 Å². The summed E-state index contributed by atoms with van der Waals surface area (Å²) in [5.41, 5.74) is 1.23. The lowest BCUT2D eigenvalue weighted by atomic mass is 9.78. The highest BCUT2D eigenvalue weighted by molar-refractivity contribution is 5.79. The summed E-state index contributed by atoms with van der Waals surface area (Å²) in [5, 5.41) is 12.3. The lowest BCUT2D eigenvalue weighted by Crippen LogP contribution is -2.42. The largest absolute Gasteiger partial charge is 0.497 e. The van der Waals surface area contributed by atoms with Crippen molar-refractivity contribution in [1.29, 1.82) is 0 Å². The molecule has 2 saturated carbocycles. The molecular weight excluding hydrogens is 330 g/mol. The molecule has 2 aliphatic rings. The quantitative estimate of drug-likeness (QED) is 0.815. The number of ether oxygens (including phenoxy) is 1. The molecule has 1 aromatic rings. The summed E-state index contributed by atoms with van der Waals surface area (Å²) in [4.78, 5) is 23.7. The first kappa shape index (κ1) is 18.7. The van der Waals surface area contributed by atoms with Crippen molar-refractivity contribution in [1.82, 2.24) is 5.32 Å². The Bertz CT molecular complexity index is 643. The zero-order chi connectivity index (χ0) is 18.6. The molecule has 142 valence electrons. The summed E-state index contributed by atoms with van der Waals surface area (Å²) in [7, 11) is 1.68. The zero-order valence-electron chi connectivity index (χ0n) is 15.5. The Labute approximate surface area is 155 Å². The third-order valence-electron chi connectivity index (χ3n) is 6.29. The van der Waals surface area contributed by atoms with E-state index in [0.717, 1.165) is 18.6 Å². The van der Waals surface area contributed by atoms with Crippen LogP contribution in [0.1, 0.15) is 56.9 Å². The van der Waals surface area contributed by atoms with Crippen LogP contribution >= 0.6 is 0 Å². The van der Waals surface area contributed by atoms with Gasteiger partial charge in [0, 0.05) is 17.9 Å². The lowest BCUT2D eigenvalue weighted by molar-refractivity contribution is -0.144. The summed E-state index contributed by atoms with van der Waals surface area (Å²) in [6.07, 6.45) is 7.07.